The number of hydrogen-bond acceptors (Lipinski definition) is 7. The Bertz CT molecular complexity index is 955. The first-order valence-corrected chi connectivity index (χ1v) is 8.87. The maximum atomic E-state index is 14.5. The van der Waals surface area contributed by atoms with Gasteiger partial charge in [0.15, 0.2) is 5.82 Å². The number of benzene rings is 1. The molecule has 2 aliphatic rings. The minimum absolute atomic E-state index is 0.00130. The van der Waals surface area contributed by atoms with Crippen molar-refractivity contribution in [2.45, 2.75) is 18.9 Å². The SMILES string of the molecule is C#N.NC(=O)c1cn([C@@H]2CCCOC2)nc1Nc1cc2c(cc1F)OB(O)C=C2. The van der Waals surface area contributed by atoms with Gasteiger partial charge in [0.05, 0.1) is 18.3 Å². The van der Waals surface area contributed by atoms with Gasteiger partial charge < -0.3 is 25.5 Å². The number of halogens is 1. The average molecular weight is 399 g/mol. The van der Waals surface area contributed by atoms with Crippen LogP contribution >= 0.6 is 0 Å². The van der Waals surface area contributed by atoms with E-state index in [9.17, 15) is 14.2 Å². The summed E-state index contributed by atoms with van der Waals surface area (Å²) in [6, 6.07) is 2.68. The minimum Gasteiger partial charge on any atom is -0.532 e. The smallest absolute Gasteiger partial charge is 0.532 e. The van der Waals surface area contributed by atoms with Crippen LogP contribution in [0.1, 0.15) is 34.8 Å². The monoisotopic (exact) mass is 399 g/mol. The molecule has 0 spiro atoms. The van der Waals surface area contributed by atoms with Crippen molar-refractivity contribution >= 4 is 30.6 Å². The lowest BCUT2D eigenvalue weighted by molar-refractivity contribution is 0.0550. The van der Waals surface area contributed by atoms with Crippen molar-refractivity contribution in [1.82, 2.24) is 9.78 Å². The zero-order valence-electron chi connectivity index (χ0n) is 15.4. The second-order valence-corrected chi connectivity index (χ2v) is 6.47. The van der Waals surface area contributed by atoms with E-state index in [-0.39, 0.29) is 28.9 Å². The lowest BCUT2D eigenvalue weighted by Gasteiger charge is -2.22. The molecule has 1 aromatic heterocycles. The fourth-order valence-corrected chi connectivity index (χ4v) is 3.17. The van der Waals surface area contributed by atoms with Gasteiger partial charge in [-0.3, -0.25) is 9.48 Å². The Hall–Kier alpha value is -3.36. The number of nitrogens with two attached hydrogens (primary N) is 1. The van der Waals surface area contributed by atoms with Crippen molar-refractivity contribution in [2.24, 2.45) is 5.73 Å². The van der Waals surface area contributed by atoms with Crippen LogP contribution in [0.4, 0.5) is 15.9 Å². The summed E-state index contributed by atoms with van der Waals surface area (Å²) < 4.78 is 26.7. The fourth-order valence-electron chi connectivity index (χ4n) is 3.17. The van der Waals surface area contributed by atoms with E-state index >= 15 is 0 Å². The number of hydrogen-bond donors (Lipinski definition) is 3. The molecule has 0 bridgehead atoms. The number of ether oxygens (including phenoxy) is 1. The second kappa shape index (κ2) is 8.77. The summed E-state index contributed by atoms with van der Waals surface area (Å²) >= 11 is 0. The van der Waals surface area contributed by atoms with Gasteiger partial charge in [-0.1, -0.05) is 6.08 Å². The lowest BCUT2D eigenvalue weighted by atomic mass is 9.86. The highest BCUT2D eigenvalue weighted by Gasteiger charge is 2.24. The van der Waals surface area contributed by atoms with E-state index < -0.39 is 18.8 Å². The lowest BCUT2D eigenvalue weighted by Crippen LogP contribution is -2.22. The summed E-state index contributed by atoms with van der Waals surface area (Å²) in [5.41, 5.74) is 6.33. The summed E-state index contributed by atoms with van der Waals surface area (Å²) in [7, 11) is -1.11. The predicted octanol–water partition coefficient (Wildman–Crippen LogP) is 1.78. The first-order valence-electron chi connectivity index (χ1n) is 8.87. The minimum atomic E-state index is -1.11. The Morgan fingerprint density at radius 2 is 2.28 bits per heavy atom. The topological polar surface area (TPSA) is 135 Å². The number of carbonyl (C=O) groups is 1. The molecule has 1 atom stereocenters. The van der Waals surface area contributed by atoms with Gasteiger partial charge in [0.1, 0.15) is 17.1 Å². The van der Waals surface area contributed by atoms with Crippen LogP contribution < -0.4 is 15.7 Å². The fraction of sp³-hybridized carbons (Fsp3) is 0.278. The van der Waals surface area contributed by atoms with Gasteiger partial charge in [0, 0.05) is 31.0 Å². The molecule has 1 aromatic carbocycles. The molecule has 0 unspecified atom stereocenters. The number of nitriles is 1. The van der Waals surface area contributed by atoms with Crippen LogP contribution in [0.5, 0.6) is 5.75 Å². The molecule has 150 valence electrons. The van der Waals surface area contributed by atoms with E-state index in [0.29, 0.717) is 18.8 Å². The Morgan fingerprint density at radius 1 is 1.48 bits per heavy atom. The molecule has 0 radical (unpaired) electrons. The molecule has 29 heavy (non-hydrogen) atoms. The summed E-state index contributed by atoms with van der Waals surface area (Å²) in [6.45, 7) is 4.70. The highest BCUT2D eigenvalue weighted by Crippen LogP contribution is 2.32. The Labute approximate surface area is 166 Å². The van der Waals surface area contributed by atoms with Crippen molar-refractivity contribution in [2.75, 3.05) is 18.5 Å². The van der Waals surface area contributed by atoms with Crippen molar-refractivity contribution in [1.29, 1.82) is 5.26 Å². The summed E-state index contributed by atoms with van der Waals surface area (Å²) in [5.74, 6) is 0.574. The van der Waals surface area contributed by atoms with Crippen molar-refractivity contribution in [3.05, 3.63) is 41.2 Å². The zero-order valence-corrected chi connectivity index (χ0v) is 15.4. The van der Waals surface area contributed by atoms with Gasteiger partial charge in [-0.25, -0.2) is 9.65 Å². The summed E-state index contributed by atoms with van der Waals surface area (Å²) in [5, 5.41) is 23.2. The van der Waals surface area contributed by atoms with E-state index in [1.54, 1.807) is 17.0 Å². The van der Waals surface area contributed by atoms with E-state index in [1.807, 2.05) is 0 Å². The molecule has 0 saturated carbocycles. The number of amides is 1. The zero-order chi connectivity index (χ0) is 21.0. The third-order valence-electron chi connectivity index (χ3n) is 4.55. The molecule has 2 aliphatic heterocycles. The molecule has 3 heterocycles. The molecule has 9 nitrogen and oxygen atoms in total. The van der Waals surface area contributed by atoms with E-state index in [4.69, 9.17) is 20.4 Å². The molecular weight excluding hydrogens is 380 g/mol. The van der Waals surface area contributed by atoms with Gasteiger partial charge in [-0.2, -0.15) is 5.10 Å². The van der Waals surface area contributed by atoms with Crippen LogP contribution in [-0.4, -0.2) is 41.0 Å². The molecule has 4 rings (SSSR count). The van der Waals surface area contributed by atoms with Gasteiger partial charge in [-0.15, -0.1) is 0 Å². The third kappa shape index (κ3) is 4.39. The van der Waals surface area contributed by atoms with Gasteiger partial charge >= 0.3 is 7.12 Å². The predicted molar refractivity (Wildman–Crippen MR) is 104 cm³/mol. The van der Waals surface area contributed by atoms with Crippen LogP contribution in [0.3, 0.4) is 0 Å². The van der Waals surface area contributed by atoms with Gasteiger partial charge in [0.25, 0.3) is 5.91 Å². The van der Waals surface area contributed by atoms with Crippen molar-refractivity contribution in [3.8, 4) is 12.3 Å². The number of nitrogens with zero attached hydrogens (tertiary/aromatic N) is 3. The van der Waals surface area contributed by atoms with E-state index in [0.717, 1.165) is 12.8 Å². The molecular formula is C18H19BFN5O4. The Kier molecular flexibility index (Phi) is 6.16. The molecule has 11 heteroatoms. The summed E-state index contributed by atoms with van der Waals surface area (Å²) in [4.78, 5) is 11.8. The van der Waals surface area contributed by atoms with E-state index in [1.165, 1.54) is 18.1 Å². The molecule has 4 N–H and O–H groups in total. The van der Waals surface area contributed by atoms with Crippen molar-refractivity contribution < 1.29 is 23.6 Å². The van der Waals surface area contributed by atoms with Gasteiger partial charge in [-0.05, 0) is 24.9 Å². The van der Waals surface area contributed by atoms with E-state index in [2.05, 4.69) is 17.0 Å². The number of rotatable bonds is 4. The standard InChI is InChI=1S/C17H18BFN4O4.CHN/c19-13-7-15-10(3-4-18(25)27-15)6-14(13)21-17-12(16(20)24)8-23(22-17)11-2-1-5-26-9-11;1-2/h3-4,6-8,11,25H,1-2,5,9H2,(H2,20,24)(H,21,22);1H/t11-;/m1./s1. The highest BCUT2D eigenvalue weighted by molar-refractivity contribution is 6.51. The number of aromatic nitrogens is 2. The molecule has 1 amide bonds. The second-order valence-electron chi connectivity index (χ2n) is 6.47. The first-order chi connectivity index (χ1) is 14.0. The van der Waals surface area contributed by atoms with Crippen LogP contribution in [0.15, 0.2) is 24.3 Å². The number of carbonyl (C=O) groups excluding carboxylic acids is 1. The number of fused-ring (bicyclic) bond motifs is 1. The molecule has 2 aromatic rings. The largest absolute Gasteiger partial charge is 0.552 e. The number of primary amides is 1. The van der Waals surface area contributed by atoms with Gasteiger partial charge in [0.2, 0.25) is 0 Å². The quantitative estimate of drug-likeness (QED) is 0.667. The Morgan fingerprint density at radius 3 is 2.97 bits per heavy atom. The molecule has 1 fully saturated rings. The molecule has 0 aliphatic carbocycles. The highest BCUT2D eigenvalue weighted by atomic mass is 19.1. The number of anilines is 2. The van der Waals surface area contributed by atoms with Crippen LogP contribution in [-0.2, 0) is 4.74 Å². The third-order valence-corrected chi connectivity index (χ3v) is 4.55. The average Bonchev–Trinajstić information content (AvgIpc) is 3.15. The Balaban J connectivity index is 0.00000117. The maximum absolute atomic E-state index is 14.5. The maximum Gasteiger partial charge on any atom is 0.552 e. The van der Waals surface area contributed by atoms with Crippen LogP contribution in [0, 0.1) is 17.7 Å². The van der Waals surface area contributed by atoms with Crippen LogP contribution in [0.2, 0.25) is 0 Å². The number of nitrogens with one attached hydrogen (secondary N) is 1. The molecule has 1 saturated heterocycles. The normalized spacial score (nSPS) is 17.5. The first kappa shape index (κ1) is 20.4. The van der Waals surface area contributed by atoms with Crippen LogP contribution in [0.25, 0.3) is 6.08 Å². The van der Waals surface area contributed by atoms with Crippen molar-refractivity contribution in [3.63, 3.8) is 0 Å². The summed E-state index contributed by atoms with van der Waals surface area (Å²) in [6.07, 6.45) is 4.95.